The molecule has 3 aromatic carbocycles. The molecule has 4 heterocycles. The molecular formula is C41H41Cl2F2N3O7. The van der Waals surface area contributed by atoms with Crippen molar-refractivity contribution in [2.24, 2.45) is 11.8 Å². The molecule has 3 saturated heterocycles. The minimum Gasteiger partial charge on any atom is -0.549 e. The first-order valence-corrected chi connectivity index (χ1v) is 19.1. The average molecular weight is 797 g/mol. The lowest BCUT2D eigenvalue weighted by molar-refractivity contribution is -0.904. The lowest BCUT2D eigenvalue weighted by Gasteiger charge is -2.44. The number of halogens is 4. The summed E-state index contributed by atoms with van der Waals surface area (Å²) in [7, 11) is 0. The van der Waals surface area contributed by atoms with Crippen LogP contribution in [0.2, 0.25) is 10.0 Å². The van der Waals surface area contributed by atoms with Crippen LogP contribution in [0.1, 0.15) is 59.8 Å². The highest BCUT2D eigenvalue weighted by atomic mass is 35.5. The van der Waals surface area contributed by atoms with Crippen molar-refractivity contribution >= 4 is 41.0 Å². The molecule has 1 N–H and O–H groups in total. The summed E-state index contributed by atoms with van der Waals surface area (Å²) >= 11 is 13.1. The second-order valence-corrected chi connectivity index (χ2v) is 15.3. The minimum atomic E-state index is -3.11. The zero-order chi connectivity index (χ0) is 38.6. The molecule has 1 amide bonds. The number of ether oxygens (including phenoxy) is 3. The van der Waals surface area contributed by atoms with Gasteiger partial charge in [0.25, 0.3) is 0 Å². The summed E-state index contributed by atoms with van der Waals surface area (Å²) < 4.78 is 44.4. The molecule has 1 unspecified atom stereocenters. The Morgan fingerprint density at radius 3 is 2.29 bits per heavy atom. The van der Waals surface area contributed by atoms with Gasteiger partial charge in [-0.1, -0.05) is 71.7 Å². The fourth-order valence-corrected chi connectivity index (χ4v) is 8.25. The molecule has 4 aliphatic rings. The molecule has 1 aliphatic carbocycles. The highest BCUT2D eigenvalue weighted by Gasteiger charge is 2.38. The van der Waals surface area contributed by atoms with Gasteiger partial charge >= 0.3 is 12.7 Å². The van der Waals surface area contributed by atoms with E-state index in [0.717, 1.165) is 38.8 Å². The Morgan fingerprint density at radius 2 is 1.65 bits per heavy atom. The second kappa shape index (κ2) is 17.0. The van der Waals surface area contributed by atoms with E-state index in [-0.39, 0.29) is 53.1 Å². The summed E-state index contributed by atoms with van der Waals surface area (Å²) in [6.07, 6.45) is 5.54. The smallest absolute Gasteiger partial charge is 0.414 e. The van der Waals surface area contributed by atoms with Crippen molar-refractivity contribution < 1.29 is 47.6 Å². The second-order valence-electron chi connectivity index (χ2n) is 14.5. The molecular weight excluding hydrogens is 755 g/mol. The first-order valence-electron chi connectivity index (χ1n) is 18.4. The Bertz CT molecular complexity index is 1970. The van der Waals surface area contributed by atoms with Crippen molar-refractivity contribution in [2.45, 2.75) is 63.2 Å². The molecule has 10 nitrogen and oxygen atoms in total. The minimum absolute atomic E-state index is 0.0407. The number of rotatable bonds is 15. The van der Waals surface area contributed by atoms with Crippen LogP contribution < -0.4 is 24.2 Å². The fourth-order valence-electron chi connectivity index (χ4n) is 7.64. The Labute approximate surface area is 327 Å². The van der Waals surface area contributed by atoms with Crippen molar-refractivity contribution in [1.82, 2.24) is 4.90 Å². The van der Waals surface area contributed by atoms with E-state index in [1.165, 1.54) is 30.6 Å². The molecule has 8 rings (SSSR count). The van der Waals surface area contributed by atoms with Crippen LogP contribution in [0.4, 0.5) is 19.3 Å². The normalized spacial score (nSPS) is 20.1. The van der Waals surface area contributed by atoms with E-state index in [4.69, 9.17) is 37.4 Å². The number of hydrogen-bond acceptors (Lipinski definition) is 8. The Hall–Kier alpha value is -4.65. The predicted molar refractivity (Wildman–Crippen MR) is 198 cm³/mol. The number of fused-ring (bicyclic) bond motifs is 3. The lowest BCUT2D eigenvalue weighted by atomic mass is 9.77. The number of alkyl halides is 2. The molecule has 55 heavy (non-hydrogen) atoms. The number of pyridine rings is 1. The predicted octanol–water partition coefficient (Wildman–Crippen LogP) is 7.01. The number of carbonyl (C=O) groups excluding carboxylic acids is 2. The molecule has 290 valence electrons. The quantitative estimate of drug-likeness (QED) is 0.101. The number of carbonyl (C=O) groups is 2. The van der Waals surface area contributed by atoms with E-state index in [0.29, 0.717) is 45.1 Å². The SMILES string of the molecule is O=C([O-])C(c1cccc(CN(C(=O)O[C@H]2CN3CCC2CC3)c2ccccc2)c1)[C@H](Cc1c(Cl)c[n+](O)cc1Cl)c1ccc(OC(F)F)c(OCC2CC2)c1. The molecule has 3 atom stereocenters. The molecule has 1 aromatic heterocycles. The van der Waals surface area contributed by atoms with Crippen LogP contribution in [0.3, 0.4) is 0 Å². The number of carboxylic acid groups (broad SMARTS) is 1. The molecule has 1 saturated carbocycles. The Kier molecular flexibility index (Phi) is 11.9. The maximum atomic E-state index is 13.9. The van der Waals surface area contributed by atoms with E-state index in [1.807, 2.05) is 30.3 Å². The standard InChI is InChI=1S/C41H41Cl2F2N3O7/c42-33-21-47(52)22-34(43)32(33)19-31(28-11-12-35(54-40(44)45)36(18-28)53-24-25-9-10-25)38(39(49)50)29-6-4-5-26(17-29)20-48(30-7-2-1-3-8-30)41(51)55-37-23-46-15-13-27(37)14-16-46/h1-8,11-12,17-18,21-22,25,27,31,37-38,40H,9-10,13-16,19-20,23-24H2,(H-,49,50,52)/t31-,37+,38?/m1/s1. The molecule has 0 spiro atoms. The van der Waals surface area contributed by atoms with Crippen LogP contribution in [0.25, 0.3) is 0 Å². The number of aliphatic carboxylic acids is 1. The molecule has 4 fully saturated rings. The van der Waals surface area contributed by atoms with Crippen LogP contribution in [0, 0.1) is 11.8 Å². The topological polar surface area (TPSA) is 115 Å². The molecule has 3 aliphatic heterocycles. The maximum absolute atomic E-state index is 13.9. The van der Waals surface area contributed by atoms with Crippen molar-refractivity contribution in [3.63, 3.8) is 0 Å². The number of amides is 1. The lowest BCUT2D eigenvalue weighted by Crippen LogP contribution is -2.53. The largest absolute Gasteiger partial charge is 0.549 e. The third-order valence-electron chi connectivity index (χ3n) is 10.7. The summed E-state index contributed by atoms with van der Waals surface area (Å²) in [6, 6.07) is 20.3. The molecule has 14 heteroatoms. The number of aromatic nitrogens is 1. The van der Waals surface area contributed by atoms with Gasteiger partial charge in [-0.05, 0) is 98.0 Å². The highest BCUT2D eigenvalue weighted by molar-refractivity contribution is 6.35. The summed E-state index contributed by atoms with van der Waals surface area (Å²) in [5.41, 5.74) is 2.36. The van der Waals surface area contributed by atoms with Crippen LogP contribution in [0.15, 0.2) is 85.2 Å². The van der Waals surface area contributed by atoms with Crippen LogP contribution >= 0.6 is 23.2 Å². The molecule has 2 bridgehead atoms. The van der Waals surface area contributed by atoms with Gasteiger partial charge in [0, 0.05) is 40.3 Å². The van der Waals surface area contributed by atoms with Gasteiger partial charge in [0.05, 0.1) is 13.2 Å². The van der Waals surface area contributed by atoms with Gasteiger partial charge in [0.2, 0.25) is 12.4 Å². The number of nitrogens with zero attached hydrogens (tertiary/aromatic N) is 3. The number of benzene rings is 3. The summed E-state index contributed by atoms with van der Waals surface area (Å²) in [5.74, 6) is -3.25. The van der Waals surface area contributed by atoms with Gasteiger partial charge in [0.1, 0.15) is 16.1 Å². The Balaban J connectivity index is 1.24. The van der Waals surface area contributed by atoms with Gasteiger partial charge < -0.3 is 24.1 Å². The molecule has 4 aromatic rings. The highest BCUT2D eigenvalue weighted by Crippen LogP contribution is 2.43. The summed E-state index contributed by atoms with van der Waals surface area (Å²) in [6.45, 7) is -0.0544. The first kappa shape index (κ1) is 38.6. The monoisotopic (exact) mass is 795 g/mol. The van der Waals surface area contributed by atoms with Gasteiger partial charge in [0.15, 0.2) is 11.5 Å². The zero-order valence-electron chi connectivity index (χ0n) is 29.9. The maximum Gasteiger partial charge on any atom is 0.414 e. The van der Waals surface area contributed by atoms with E-state index < -0.39 is 30.5 Å². The van der Waals surface area contributed by atoms with Crippen LogP contribution in [-0.4, -0.2) is 61.1 Å². The third kappa shape index (κ3) is 9.42. The fraction of sp³-hybridized carbons (Fsp3) is 0.390. The van der Waals surface area contributed by atoms with Gasteiger partial charge in [-0.25, -0.2) is 4.79 Å². The number of hydrogen-bond donors (Lipinski definition) is 1. The zero-order valence-corrected chi connectivity index (χ0v) is 31.4. The number of carboxylic acids is 1. The van der Waals surface area contributed by atoms with E-state index in [9.17, 15) is 28.7 Å². The third-order valence-corrected chi connectivity index (χ3v) is 11.4. The molecule has 0 radical (unpaired) electrons. The van der Waals surface area contributed by atoms with Crippen molar-refractivity contribution in [2.75, 3.05) is 31.1 Å². The van der Waals surface area contributed by atoms with Gasteiger partial charge in [-0.15, -0.1) is 0 Å². The number of para-hydroxylation sites is 1. The summed E-state index contributed by atoms with van der Waals surface area (Å²) in [4.78, 5) is 31.1. The van der Waals surface area contributed by atoms with Gasteiger partial charge in [-0.2, -0.15) is 8.78 Å². The van der Waals surface area contributed by atoms with E-state index >= 15 is 0 Å². The first-order chi connectivity index (χ1) is 26.5. The van der Waals surface area contributed by atoms with Crippen LogP contribution in [0.5, 0.6) is 11.5 Å². The van der Waals surface area contributed by atoms with Crippen molar-refractivity contribution in [1.29, 1.82) is 0 Å². The van der Waals surface area contributed by atoms with Crippen molar-refractivity contribution in [3.8, 4) is 11.5 Å². The van der Waals surface area contributed by atoms with Gasteiger partial charge in [-0.3, -0.25) is 15.0 Å². The van der Waals surface area contributed by atoms with Crippen molar-refractivity contribution in [3.05, 3.63) is 117 Å². The summed E-state index contributed by atoms with van der Waals surface area (Å²) in [5, 5.41) is 23.5. The van der Waals surface area contributed by atoms with E-state index in [2.05, 4.69) is 4.90 Å². The van der Waals surface area contributed by atoms with Crippen LogP contribution in [-0.2, 0) is 22.5 Å². The number of piperidine rings is 3. The number of anilines is 1. The Morgan fingerprint density at radius 1 is 0.927 bits per heavy atom. The van der Waals surface area contributed by atoms with E-state index in [1.54, 1.807) is 29.2 Å². The average Bonchev–Trinajstić information content (AvgIpc) is 4.00.